The van der Waals surface area contributed by atoms with Crippen molar-refractivity contribution in [2.45, 2.75) is 25.3 Å². The first-order valence-electron chi connectivity index (χ1n) is 6.83. The molecule has 1 aromatic rings. The summed E-state index contributed by atoms with van der Waals surface area (Å²) < 4.78 is 28.1. The van der Waals surface area contributed by atoms with Gasteiger partial charge in [-0.3, -0.25) is 4.79 Å². The van der Waals surface area contributed by atoms with Crippen molar-refractivity contribution in [3.63, 3.8) is 0 Å². The SMILES string of the molecule is O=C(CCCOc1ccccc1Cl)N[C@@H]1CCS(=O)(=O)C1. The van der Waals surface area contributed by atoms with Crippen LogP contribution in [0.3, 0.4) is 0 Å². The van der Waals surface area contributed by atoms with Crippen molar-refractivity contribution in [2.75, 3.05) is 18.1 Å². The molecule has 116 valence electrons. The van der Waals surface area contributed by atoms with Gasteiger partial charge in [-0.15, -0.1) is 0 Å². The maximum atomic E-state index is 11.7. The molecule has 7 heteroatoms. The first-order valence-corrected chi connectivity index (χ1v) is 9.03. The standard InChI is InChI=1S/C14H18ClNO4S/c15-12-4-1-2-5-13(12)20-8-3-6-14(17)16-11-7-9-21(18,19)10-11/h1-2,4-5,11H,3,6-10H2,(H,16,17)/t11-/m1/s1. The Morgan fingerprint density at radius 3 is 2.81 bits per heavy atom. The lowest BCUT2D eigenvalue weighted by molar-refractivity contribution is -0.121. The number of hydrogen-bond acceptors (Lipinski definition) is 4. The van der Waals surface area contributed by atoms with Crippen molar-refractivity contribution in [1.29, 1.82) is 0 Å². The first-order chi connectivity index (χ1) is 9.96. The molecule has 1 atom stereocenters. The van der Waals surface area contributed by atoms with E-state index in [2.05, 4.69) is 5.32 Å². The zero-order valence-electron chi connectivity index (χ0n) is 11.5. The van der Waals surface area contributed by atoms with Crippen LogP contribution >= 0.6 is 11.6 Å². The van der Waals surface area contributed by atoms with Crippen molar-refractivity contribution in [3.8, 4) is 5.75 Å². The van der Waals surface area contributed by atoms with Crippen LogP contribution in [0, 0.1) is 0 Å². The van der Waals surface area contributed by atoms with Gasteiger partial charge in [0.15, 0.2) is 9.84 Å². The second-order valence-electron chi connectivity index (χ2n) is 5.05. The minimum atomic E-state index is -2.96. The van der Waals surface area contributed by atoms with Gasteiger partial charge in [-0.05, 0) is 25.0 Å². The summed E-state index contributed by atoms with van der Waals surface area (Å²) in [6.45, 7) is 0.389. The molecule has 1 aliphatic rings. The van der Waals surface area contributed by atoms with Crippen LogP contribution in [0.15, 0.2) is 24.3 Å². The molecule has 1 heterocycles. The van der Waals surface area contributed by atoms with Gasteiger partial charge in [-0.2, -0.15) is 0 Å². The number of nitrogens with one attached hydrogen (secondary N) is 1. The second-order valence-corrected chi connectivity index (χ2v) is 7.69. The average Bonchev–Trinajstić information content (AvgIpc) is 2.76. The normalized spacial score (nSPS) is 20.1. The predicted molar refractivity (Wildman–Crippen MR) is 81.4 cm³/mol. The Balaban J connectivity index is 1.65. The van der Waals surface area contributed by atoms with Crippen LogP contribution in [-0.2, 0) is 14.6 Å². The molecular formula is C14H18ClNO4S. The van der Waals surface area contributed by atoms with Crippen molar-refractivity contribution in [1.82, 2.24) is 5.32 Å². The second kappa shape index (κ2) is 7.13. The molecule has 1 N–H and O–H groups in total. The highest BCUT2D eigenvalue weighted by molar-refractivity contribution is 7.91. The minimum absolute atomic E-state index is 0.0505. The first kappa shape index (κ1) is 16.1. The van der Waals surface area contributed by atoms with Crippen LogP contribution in [-0.4, -0.2) is 38.5 Å². The van der Waals surface area contributed by atoms with E-state index in [1.807, 2.05) is 12.1 Å². The molecule has 0 radical (unpaired) electrons. The average molecular weight is 332 g/mol. The number of carbonyl (C=O) groups is 1. The van der Waals surface area contributed by atoms with Crippen LogP contribution in [0.25, 0.3) is 0 Å². The topological polar surface area (TPSA) is 72.5 Å². The zero-order valence-corrected chi connectivity index (χ0v) is 13.1. The highest BCUT2D eigenvalue weighted by Crippen LogP contribution is 2.23. The number of carbonyl (C=O) groups excluding carboxylic acids is 1. The molecule has 21 heavy (non-hydrogen) atoms. The summed E-state index contributed by atoms with van der Waals surface area (Å²) in [5.74, 6) is 0.670. The molecule has 0 unspecified atom stereocenters. The van der Waals surface area contributed by atoms with Crippen LogP contribution in [0.5, 0.6) is 5.75 Å². The fraction of sp³-hybridized carbons (Fsp3) is 0.500. The Hall–Kier alpha value is -1.27. The van der Waals surface area contributed by atoms with E-state index in [-0.39, 0.29) is 23.5 Å². The van der Waals surface area contributed by atoms with Crippen LogP contribution in [0.1, 0.15) is 19.3 Å². The fourth-order valence-corrected chi connectivity index (χ4v) is 4.05. The third-order valence-electron chi connectivity index (χ3n) is 3.24. The van der Waals surface area contributed by atoms with Gasteiger partial charge in [-0.1, -0.05) is 23.7 Å². The van der Waals surface area contributed by atoms with E-state index < -0.39 is 9.84 Å². The lowest BCUT2D eigenvalue weighted by Crippen LogP contribution is -2.35. The van der Waals surface area contributed by atoms with Gasteiger partial charge < -0.3 is 10.1 Å². The maximum absolute atomic E-state index is 11.7. The molecule has 0 bridgehead atoms. The minimum Gasteiger partial charge on any atom is -0.492 e. The van der Waals surface area contributed by atoms with E-state index in [1.165, 1.54) is 0 Å². The molecule has 1 aliphatic heterocycles. The summed E-state index contributed by atoms with van der Waals surface area (Å²) in [6.07, 6.45) is 1.36. The van der Waals surface area contributed by atoms with Crippen molar-refractivity contribution >= 4 is 27.3 Å². The zero-order chi connectivity index (χ0) is 15.3. The number of benzene rings is 1. The molecule has 1 saturated heterocycles. The number of rotatable bonds is 6. The summed E-state index contributed by atoms with van der Waals surface area (Å²) in [7, 11) is -2.96. The van der Waals surface area contributed by atoms with E-state index in [9.17, 15) is 13.2 Å². The molecular weight excluding hydrogens is 314 g/mol. The summed E-state index contributed by atoms with van der Waals surface area (Å²) in [4.78, 5) is 11.7. The van der Waals surface area contributed by atoms with Gasteiger partial charge >= 0.3 is 0 Å². The van der Waals surface area contributed by atoms with E-state index in [0.717, 1.165) is 0 Å². The quantitative estimate of drug-likeness (QED) is 0.807. The van der Waals surface area contributed by atoms with E-state index in [4.69, 9.17) is 16.3 Å². The van der Waals surface area contributed by atoms with Crippen LogP contribution < -0.4 is 10.1 Å². The maximum Gasteiger partial charge on any atom is 0.220 e. The van der Waals surface area contributed by atoms with Crippen molar-refractivity contribution in [2.24, 2.45) is 0 Å². The van der Waals surface area contributed by atoms with Crippen molar-refractivity contribution in [3.05, 3.63) is 29.3 Å². The Labute approximate surface area is 129 Å². The Kier molecular flexibility index (Phi) is 5.47. The van der Waals surface area contributed by atoms with Gasteiger partial charge in [0.2, 0.25) is 5.91 Å². The van der Waals surface area contributed by atoms with Crippen LogP contribution in [0.4, 0.5) is 0 Å². The van der Waals surface area contributed by atoms with Gasteiger partial charge in [0, 0.05) is 12.5 Å². The number of hydrogen-bond donors (Lipinski definition) is 1. The summed E-state index contributed by atoms with van der Waals surface area (Å²) in [6, 6.07) is 6.91. The summed E-state index contributed by atoms with van der Waals surface area (Å²) in [5, 5.41) is 3.28. The summed E-state index contributed by atoms with van der Waals surface area (Å²) in [5.41, 5.74) is 0. The van der Waals surface area contributed by atoms with E-state index >= 15 is 0 Å². The number of para-hydroxylation sites is 1. The number of sulfone groups is 1. The molecule has 0 saturated carbocycles. The highest BCUT2D eigenvalue weighted by Gasteiger charge is 2.28. The summed E-state index contributed by atoms with van der Waals surface area (Å²) >= 11 is 5.94. The van der Waals surface area contributed by atoms with Crippen LogP contribution in [0.2, 0.25) is 5.02 Å². The number of amides is 1. The molecule has 1 fully saturated rings. The number of halogens is 1. The predicted octanol–water partition coefficient (Wildman–Crippen LogP) is 1.80. The number of ether oxygens (including phenoxy) is 1. The Bertz CT molecular complexity index is 603. The fourth-order valence-electron chi connectivity index (χ4n) is 2.19. The molecule has 1 aromatic carbocycles. The molecule has 0 spiro atoms. The van der Waals surface area contributed by atoms with Gasteiger partial charge in [0.05, 0.1) is 23.1 Å². The largest absolute Gasteiger partial charge is 0.492 e. The molecule has 0 aromatic heterocycles. The van der Waals surface area contributed by atoms with Gasteiger partial charge in [0.1, 0.15) is 5.75 Å². The molecule has 2 rings (SSSR count). The molecule has 0 aliphatic carbocycles. The monoisotopic (exact) mass is 331 g/mol. The van der Waals surface area contributed by atoms with E-state index in [1.54, 1.807) is 12.1 Å². The lowest BCUT2D eigenvalue weighted by atomic mass is 10.2. The van der Waals surface area contributed by atoms with E-state index in [0.29, 0.717) is 36.6 Å². The molecule has 5 nitrogen and oxygen atoms in total. The third-order valence-corrected chi connectivity index (χ3v) is 5.32. The molecule has 1 amide bonds. The lowest BCUT2D eigenvalue weighted by Gasteiger charge is -2.11. The smallest absolute Gasteiger partial charge is 0.220 e. The van der Waals surface area contributed by atoms with Gasteiger partial charge in [-0.25, -0.2) is 8.42 Å². The Morgan fingerprint density at radius 1 is 1.38 bits per heavy atom. The highest BCUT2D eigenvalue weighted by atomic mass is 35.5. The van der Waals surface area contributed by atoms with Crippen molar-refractivity contribution < 1.29 is 17.9 Å². The Morgan fingerprint density at radius 2 is 2.14 bits per heavy atom. The van der Waals surface area contributed by atoms with Gasteiger partial charge in [0.25, 0.3) is 0 Å². The third kappa shape index (κ3) is 5.21.